The molecule has 15 heavy (non-hydrogen) atoms. The molecule has 0 atom stereocenters. The van der Waals surface area contributed by atoms with Crippen molar-refractivity contribution in [1.82, 2.24) is 4.98 Å². The Bertz CT molecular complexity index is 408. The predicted octanol–water partition coefficient (Wildman–Crippen LogP) is 2.65. The molecule has 0 aliphatic heterocycles. The largest absolute Gasteiger partial charge is 0.478 e. The summed E-state index contributed by atoms with van der Waals surface area (Å²) in [5.74, 6) is -1.18. The van der Waals surface area contributed by atoms with E-state index in [1.807, 2.05) is 0 Å². The number of hydrogen-bond donors (Lipinski definition) is 1. The number of rotatable bonds is 2. The van der Waals surface area contributed by atoms with Gasteiger partial charge in [-0.25, -0.2) is 9.78 Å². The molecule has 1 rings (SSSR count). The minimum atomic E-state index is -4.48. The first kappa shape index (κ1) is 11.7. The van der Waals surface area contributed by atoms with Crippen LogP contribution < -0.4 is 0 Å². The molecule has 0 aliphatic rings. The molecular weight excluding hydrogens is 231 g/mol. The van der Waals surface area contributed by atoms with E-state index in [0.717, 1.165) is 11.5 Å². The van der Waals surface area contributed by atoms with Crippen LogP contribution in [-0.4, -0.2) is 16.1 Å². The number of alkyl halides is 3. The molecule has 0 saturated carbocycles. The maximum Gasteiger partial charge on any atom is 0.443 e. The Hall–Kier alpha value is -1.37. The highest BCUT2D eigenvalue weighted by Crippen LogP contribution is 2.31. The summed E-state index contributed by atoms with van der Waals surface area (Å²) in [7, 11) is 0. The third kappa shape index (κ3) is 3.05. The van der Waals surface area contributed by atoms with Gasteiger partial charge in [-0.3, -0.25) is 0 Å². The number of thiazole rings is 1. The van der Waals surface area contributed by atoms with Crippen LogP contribution in [0.3, 0.4) is 0 Å². The van der Waals surface area contributed by atoms with Crippen molar-refractivity contribution in [2.45, 2.75) is 13.1 Å². The van der Waals surface area contributed by atoms with E-state index < -0.39 is 17.2 Å². The second kappa shape index (κ2) is 4.01. The minimum absolute atomic E-state index is 0.00669. The molecule has 0 unspecified atom stereocenters. The quantitative estimate of drug-likeness (QED) is 0.804. The van der Waals surface area contributed by atoms with E-state index in [2.05, 4.69) is 4.98 Å². The van der Waals surface area contributed by atoms with Gasteiger partial charge in [0.1, 0.15) is 0 Å². The van der Waals surface area contributed by atoms with Gasteiger partial charge in [0.25, 0.3) is 0 Å². The van der Waals surface area contributed by atoms with E-state index in [0.29, 0.717) is 11.3 Å². The Morgan fingerprint density at radius 3 is 2.60 bits per heavy atom. The molecule has 82 valence electrons. The molecular formula is C8H6F3NO2S. The zero-order valence-electron chi connectivity index (χ0n) is 7.50. The van der Waals surface area contributed by atoms with Crippen LogP contribution in [-0.2, 0) is 11.0 Å². The Morgan fingerprint density at radius 1 is 1.60 bits per heavy atom. The first-order valence-electron chi connectivity index (χ1n) is 3.75. The van der Waals surface area contributed by atoms with Crippen LogP contribution in [0.4, 0.5) is 13.2 Å². The number of hydrogen-bond acceptors (Lipinski definition) is 3. The molecule has 0 spiro atoms. The molecule has 0 radical (unpaired) electrons. The Morgan fingerprint density at radius 2 is 2.20 bits per heavy atom. The van der Waals surface area contributed by atoms with Crippen LogP contribution in [0.1, 0.15) is 17.6 Å². The minimum Gasteiger partial charge on any atom is -0.478 e. The molecule has 0 bridgehead atoms. The van der Waals surface area contributed by atoms with Crippen LogP contribution >= 0.6 is 11.3 Å². The first-order valence-corrected chi connectivity index (χ1v) is 4.63. The average molecular weight is 237 g/mol. The van der Waals surface area contributed by atoms with Crippen LogP contribution in [0.15, 0.2) is 11.0 Å². The maximum atomic E-state index is 12.1. The summed E-state index contributed by atoms with van der Waals surface area (Å²) in [6, 6.07) is 0. The van der Waals surface area contributed by atoms with E-state index in [-0.39, 0.29) is 11.3 Å². The number of carboxylic acid groups (broad SMARTS) is 1. The molecule has 0 saturated heterocycles. The van der Waals surface area contributed by atoms with Crippen LogP contribution in [0.2, 0.25) is 0 Å². The van der Waals surface area contributed by atoms with Crippen molar-refractivity contribution in [2.24, 2.45) is 0 Å². The van der Waals surface area contributed by atoms with E-state index in [1.165, 1.54) is 6.92 Å². The highest BCUT2D eigenvalue weighted by Gasteiger charge is 2.34. The summed E-state index contributed by atoms with van der Waals surface area (Å²) in [4.78, 5) is 13.7. The molecule has 1 aromatic rings. The highest BCUT2D eigenvalue weighted by molar-refractivity contribution is 7.09. The summed E-state index contributed by atoms with van der Waals surface area (Å²) in [6.07, 6.45) is -3.39. The van der Waals surface area contributed by atoms with Crippen molar-refractivity contribution in [3.63, 3.8) is 0 Å². The number of aromatic nitrogens is 1. The van der Waals surface area contributed by atoms with Gasteiger partial charge >= 0.3 is 12.1 Å². The fourth-order valence-corrected chi connectivity index (χ4v) is 1.41. The summed E-state index contributed by atoms with van der Waals surface area (Å²) in [6.45, 7) is 1.29. The summed E-state index contributed by atoms with van der Waals surface area (Å²) >= 11 is 0.437. The summed E-state index contributed by atoms with van der Waals surface area (Å²) in [5.41, 5.74) is -0.0544. The van der Waals surface area contributed by atoms with E-state index in [4.69, 9.17) is 5.11 Å². The SMILES string of the molecule is C/C(=C\c1csc(C(F)(F)F)n1)C(=O)O. The van der Waals surface area contributed by atoms with Gasteiger partial charge in [-0.15, -0.1) is 11.3 Å². The second-order valence-electron chi connectivity index (χ2n) is 2.71. The molecule has 0 fully saturated rings. The Kier molecular flexibility index (Phi) is 3.13. The molecule has 0 aliphatic carbocycles. The van der Waals surface area contributed by atoms with E-state index >= 15 is 0 Å². The number of carboxylic acids is 1. The maximum absolute atomic E-state index is 12.1. The molecule has 1 heterocycles. The highest BCUT2D eigenvalue weighted by atomic mass is 32.1. The topological polar surface area (TPSA) is 50.2 Å². The van der Waals surface area contributed by atoms with Gasteiger partial charge in [0, 0.05) is 11.0 Å². The van der Waals surface area contributed by atoms with Crippen molar-refractivity contribution in [3.8, 4) is 0 Å². The molecule has 1 N–H and O–H groups in total. The lowest BCUT2D eigenvalue weighted by Gasteiger charge is -1.98. The lowest BCUT2D eigenvalue weighted by molar-refractivity contribution is -0.137. The lowest BCUT2D eigenvalue weighted by Crippen LogP contribution is -2.03. The van der Waals surface area contributed by atoms with Crippen molar-refractivity contribution in [1.29, 1.82) is 0 Å². The third-order valence-corrected chi connectivity index (χ3v) is 2.37. The van der Waals surface area contributed by atoms with Gasteiger partial charge < -0.3 is 5.11 Å². The fourth-order valence-electron chi connectivity index (χ4n) is 0.766. The molecule has 1 aromatic heterocycles. The lowest BCUT2D eigenvalue weighted by atomic mass is 10.2. The number of aliphatic carboxylic acids is 1. The van der Waals surface area contributed by atoms with Crippen molar-refractivity contribution in [2.75, 3.05) is 0 Å². The van der Waals surface area contributed by atoms with Crippen molar-refractivity contribution < 1.29 is 23.1 Å². The first-order chi connectivity index (χ1) is 6.80. The summed E-state index contributed by atoms with van der Waals surface area (Å²) < 4.78 is 36.3. The van der Waals surface area contributed by atoms with Gasteiger partial charge in [-0.2, -0.15) is 13.2 Å². The summed E-state index contributed by atoms with van der Waals surface area (Å²) in [5, 5.41) is 8.68. The van der Waals surface area contributed by atoms with Crippen LogP contribution in [0, 0.1) is 0 Å². The van der Waals surface area contributed by atoms with Crippen molar-refractivity contribution >= 4 is 23.4 Å². The normalized spacial score (nSPS) is 12.9. The smallest absolute Gasteiger partial charge is 0.443 e. The standard InChI is InChI=1S/C8H6F3NO2S/c1-4(6(13)14)2-5-3-15-7(12-5)8(9,10)11/h2-3H,1H3,(H,13,14)/b4-2+. The number of carbonyl (C=O) groups is 1. The van der Waals surface area contributed by atoms with E-state index in [1.54, 1.807) is 0 Å². The van der Waals surface area contributed by atoms with Gasteiger partial charge in [0.05, 0.1) is 5.69 Å². The van der Waals surface area contributed by atoms with E-state index in [9.17, 15) is 18.0 Å². The molecule has 0 aromatic carbocycles. The zero-order chi connectivity index (χ0) is 11.6. The van der Waals surface area contributed by atoms with Crippen molar-refractivity contribution in [3.05, 3.63) is 21.7 Å². The molecule has 7 heteroatoms. The Balaban J connectivity index is 2.96. The molecule has 0 amide bonds. The van der Waals surface area contributed by atoms with Crippen LogP contribution in [0.25, 0.3) is 6.08 Å². The zero-order valence-corrected chi connectivity index (χ0v) is 8.32. The van der Waals surface area contributed by atoms with Gasteiger partial charge in [-0.1, -0.05) is 0 Å². The average Bonchev–Trinajstić information content (AvgIpc) is 2.51. The Labute approximate surface area is 86.9 Å². The molecule has 3 nitrogen and oxygen atoms in total. The monoisotopic (exact) mass is 237 g/mol. The van der Waals surface area contributed by atoms with Gasteiger partial charge in [0.15, 0.2) is 5.01 Å². The van der Waals surface area contributed by atoms with Gasteiger partial charge in [-0.05, 0) is 13.0 Å². The number of nitrogens with zero attached hydrogens (tertiary/aromatic N) is 1. The second-order valence-corrected chi connectivity index (χ2v) is 3.57. The van der Waals surface area contributed by atoms with Gasteiger partial charge in [0.2, 0.25) is 0 Å². The fraction of sp³-hybridized carbons (Fsp3) is 0.250. The predicted molar refractivity (Wildman–Crippen MR) is 48.4 cm³/mol. The van der Waals surface area contributed by atoms with Crippen LogP contribution in [0.5, 0.6) is 0 Å². The third-order valence-electron chi connectivity index (χ3n) is 1.47. The number of halogens is 3.